The van der Waals surface area contributed by atoms with Crippen LogP contribution >= 0.6 is 0 Å². The molecular weight excluding hydrogens is 374 g/mol. The van der Waals surface area contributed by atoms with Gasteiger partial charge in [0.25, 0.3) is 5.91 Å². The van der Waals surface area contributed by atoms with Crippen LogP contribution in [0.1, 0.15) is 39.0 Å². The second kappa shape index (κ2) is 9.38. The van der Waals surface area contributed by atoms with Crippen molar-refractivity contribution in [1.82, 2.24) is 4.98 Å². The number of H-pyrrole nitrogens is 1. The Balaban J connectivity index is 2.05. The normalized spacial score (nSPS) is 12.8. The third kappa shape index (κ3) is 5.03. The summed E-state index contributed by atoms with van der Waals surface area (Å²) >= 11 is 0. The van der Waals surface area contributed by atoms with Crippen molar-refractivity contribution in [2.45, 2.75) is 26.8 Å². The van der Waals surface area contributed by atoms with Gasteiger partial charge in [-0.2, -0.15) is 0 Å². The van der Waals surface area contributed by atoms with Crippen LogP contribution in [-0.2, 0) is 9.53 Å². The summed E-state index contributed by atoms with van der Waals surface area (Å²) in [6.45, 7) is 5.30. The summed E-state index contributed by atoms with van der Waals surface area (Å²) in [5.74, 6) is -0.159. The molecular formula is C21H28N3O5+. The second-order valence-electron chi connectivity index (χ2n) is 7.00. The molecule has 156 valence electrons. The van der Waals surface area contributed by atoms with Gasteiger partial charge >= 0.3 is 5.97 Å². The SMILES string of the molecule is COC(=O)c1c(C)[nH]c(C(=O)C(C)[NH+](C)CC(=O)Nc2ccc(OC)cc2)c1C. The Morgan fingerprint density at radius 3 is 2.31 bits per heavy atom. The average Bonchev–Trinajstić information content (AvgIpc) is 3.00. The van der Waals surface area contributed by atoms with Gasteiger partial charge < -0.3 is 24.7 Å². The van der Waals surface area contributed by atoms with Crippen molar-refractivity contribution in [3.05, 3.63) is 46.8 Å². The lowest BCUT2D eigenvalue weighted by molar-refractivity contribution is -0.885. The largest absolute Gasteiger partial charge is 0.497 e. The van der Waals surface area contributed by atoms with E-state index in [1.54, 1.807) is 59.2 Å². The van der Waals surface area contributed by atoms with Crippen LogP contribution in [-0.4, -0.2) is 56.5 Å². The Kier molecular flexibility index (Phi) is 7.17. The molecule has 2 atom stereocenters. The fourth-order valence-corrected chi connectivity index (χ4v) is 3.13. The first kappa shape index (κ1) is 22.2. The predicted molar refractivity (Wildman–Crippen MR) is 109 cm³/mol. The number of nitrogens with one attached hydrogen (secondary N) is 3. The number of carbonyl (C=O) groups excluding carboxylic acids is 3. The quantitative estimate of drug-likeness (QED) is 0.454. The molecule has 0 aliphatic heterocycles. The number of amides is 1. The number of aromatic nitrogens is 1. The van der Waals surface area contributed by atoms with E-state index in [0.29, 0.717) is 34.0 Å². The number of aromatic amines is 1. The van der Waals surface area contributed by atoms with Gasteiger partial charge in [0.15, 0.2) is 12.6 Å². The summed E-state index contributed by atoms with van der Waals surface area (Å²) in [5.41, 5.74) is 2.53. The summed E-state index contributed by atoms with van der Waals surface area (Å²) in [6.07, 6.45) is 0. The Hall–Kier alpha value is -3.13. The second-order valence-corrected chi connectivity index (χ2v) is 7.00. The van der Waals surface area contributed by atoms with Crippen LogP contribution in [0.2, 0.25) is 0 Å². The average molecular weight is 402 g/mol. The Labute approximate surface area is 170 Å². The van der Waals surface area contributed by atoms with Crippen LogP contribution in [0.5, 0.6) is 5.75 Å². The Morgan fingerprint density at radius 1 is 1.14 bits per heavy atom. The molecule has 29 heavy (non-hydrogen) atoms. The molecule has 2 aromatic rings. The molecule has 3 N–H and O–H groups in total. The summed E-state index contributed by atoms with van der Waals surface area (Å²) in [4.78, 5) is 40.9. The molecule has 0 aliphatic carbocycles. The first-order chi connectivity index (χ1) is 13.7. The number of hydrogen-bond acceptors (Lipinski definition) is 5. The van der Waals surface area contributed by atoms with E-state index in [4.69, 9.17) is 9.47 Å². The van der Waals surface area contributed by atoms with Crippen molar-refractivity contribution in [1.29, 1.82) is 0 Å². The molecule has 0 bridgehead atoms. The third-order valence-electron chi connectivity index (χ3n) is 5.02. The van der Waals surface area contributed by atoms with E-state index in [9.17, 15) is 14.4 Å². The molecule has 8 heteroatoms. The standard InChI is InChI=1S/C21H27N3O5/c1-12-18(21(27)29-6)13(2)22-19(12)20(26)14(3)24(4)11-17(25)23-15-7-9-16(28-5)10-8-15/h7-10,14,22H,11H2,1-6H3,(H,23,25)/p+1. The molecule has 2 unspecified atom stereocenters. The fourth-order valence-electron chi connectivity index (χ4n) is 3.13. The van der Waals surface area contributed by atoms with Gasteiger partial charge in [0.2, 0.25) is 5.78 Å². The van der Waals surface area contributed by atoms with Gasteiger partial charge in [0.05, 0.1) is 32.5 Å². The summed E-state index contributed by atoms with van der Waals surface area (Å²) < 4.78 is 9.88. The number of likely N-dealkylation sites (N-methyl/N-ethyl adjacent to an activating group) is 1. The number of rotatable bonds is 8. The summed E-state index contributed by atoms with van der Waals surface area (Å²) in [6, 6.07) is 6.53. The summed E-state index contributed by atoms with van der Waals surface area (Å²) in [5, 5.41) is 2.81. The highest BCUT2D eigenvalue weighted by atomic mass is 16.5. The van der Waals surface area contributed by atoms with E-state index < -0.39 is 12.0 Å². The van der Waals surface area contributed by atoms with Crippen LogP contribution in [0.3, 0.4) is 0 Å². The number of aryl methyl sites for hydroxylation is 1. The highest BCUT2D eigenvalue weighted by Gasteiger charge is 2.30. The molecule has 0 radical (unpaired) electrons. The Bertz CT molecular complexity index is 902. The monoisotopic (exact) mass is 402 g/mol. The molecule has 2 rings (SSSR count). The van der Waals surface area contributed by atoms with E-state index in [2.05, 4.69) is 10.3 Å². The minimum Gasteiger partial charge on any atom is -0.497 e. The van der Waals surface area contributed by atoms with Crippen LogP contribution < -0.4 is 15.0 Å². The van der Waals surface area contributed by atoms with Gasteiger partial charge in [-0.15, -0.1) is 0 Å². The van der Waals surface area contributed by atoms with Crippen molar-refractivity contribution in [2.24, 2.45) is 0 Å². The van der Waals surface area contributed by atoms with Crippen LogP contribution in [0, 0.1) is 13.8 Å². The van der Waals surface area contributed by atoms with Crippen LogP contribution in [0.4, 0.5) is 5.69 Å². The molecule has 1 amide bonds. The first-order valence-electron chi connectivity index (χ1n) is 9.27. The fraction of sp³-hybridized carbons (Fsp3) is 0.381. The van der Waals surface area contributed by atoms with E-state index in [0.717, 1.165) is 4.90 Å². The van der Waals surface area contributed by atoms with Crippen LogP contribution in [0.25, 0.3) is 0 Å². The number of methoxy groups -OCH3 is 2. The molecule has 0 aliphatic rings. The maximum atomic E-state index is 12.9. The van der Waals surface area contributed by atoms with Crippen molar-refractivity contribution in [3.63, 3.8) is 0 Å². The molecule has 1 heterocycles. The van der Waals surface area contributed by atoms with E-state index >= 15 is 0 Å². The third-order valence-corrected chi connectivity index (χ3v) is 5.02. The molecule has 0 saturated heterocycles. The molecule has 1 aromatic heterocycles. The van der Waals surface area contributed by atoms with Crippen molar-refractivity contribution in [2.75, 3.05) is 33.1 Å². The van der Waals surface area contributed by atoms with Gasteiger partial charge in [-0.1, -0.05) is 0 Å². The maximum Gasteiger partial charge on any atom is 0.339 e. The molecule has 0 saturated carbocycles. The van der Waals surface area contributed by atoms with E-state index in [-0.39, 0.29) is 18.2 Å². The predicted octanol–water partition coefficient (Wildman–Crippen LogP) is 1.15. The van der Waals surface area contributed by atoms with Crippen molar-refractivity contribution in [3.8, 4) is 5.75 Å². The van der Waals surface area contributed by atoms with Gasteiger partial charge in [0.1, 0.15) is 5.75 Å². The van der Waals surface area contributed by atoms with Crippen LogP contribution in [0.15, 0.2) is 24.3 Å². The lowest BCUT2D eigenvalue weighted by atomic mass is 10.0. The number of esters is 1. The van der Waals surface area contributed by atoms with Gasteiger partial charge in [-0.05, 0) is 50.6 Å². The Morgan fingerprint density at radius 2 is 1.76 bits per heavy atom. The minimum absolute atomic E-state index is 0.113. The maximum absolute atomic E-state index is 12.9. The zero-order valence-electron chi connectivity index (χ0n) is 17.6. The minimum atomic E-state index is -0.487. The van der Waals surface area contributed by atoms with Gasteiger partial charge in [0, 0.05) is 11.4 Å². The zero-order chi connectivity index (χ0) is 21.7. The summed E-state index contributed by atoms with van der Waals surface area (Å²) in [7, 11) is 4.66. The lowest BCUT2D eigenvalue weighted by Gasteiger charge is -2.20. The highest BCUT2D eigenvalue weighted by molar-refractivity contribution is 6.03. The molecule has 1 aromatic carbocycles. The first-order valence-corrected chi connectivity index (χ1v) is 9.27. The number of benzene rings is 1. The number of hydrogen-bond donors (Lipinski definition) is 3. The lowest BCUT2D eigenvalue weighted by Crippen LogP contribution is -3.14. The van der Waals surface area contributed by atoms with Gasteiger partial charge in [-0.25, -0.2) is 4.79 Å². The highest BCUT2D eigenvalue weighted by Crippen LogP contribution is 2.20. The van der Waals surface area contributed by atoms with E-state index in [1.807, 2.05) is 0 Å². The zero-order valence-corrected chi connectivity index (χ0v) is 17.6. The van der Waals surface area contributed by atoms with Crippen molar-refractivity contribution >= 4 is 23.3 Å². The molecule has 0 spiro atoms. The van der Waals surface area contributed by atoms with E-state index in [1.165, 1.54) is 7.11 Å². The number of anilines is 1. The molecule has 8 nitrogen and oxygen atoms in total. The molecule has 0 fully saturated rings. The van der Waals surface area contributed by atoms with Crippen molar-refractivity contribution < 1.29 is 28.8 Å². The smallest absolute Gasteiger partial charge is 0.339 e. The number of Topliss-reactive ketones (excluding diaryl/α,β-unsaturated/α-hetero) is 1. The number of ketones is 1. The number of carbonyl (C=O) groups is 3. The van der Waals surface area contributed by atoms with Gasteiger partial charge in [-0.3, -0.25) is 9.59 Å². The topological polar surface area (TPSA) is 102 Å². The number of quaternary nitrogens is 1. The number of ether oxygens (including phenoxy) is 2.